The van der Waals surface area contributed by atoms with E-state index in [9.17, 15) is 4.79 Å². The molecule has 1 aromatic carbocycles. The highest BCUT2D eigenvalue weighted by atomic mass is 16.4. The van der Waals surface area contributed by atoms with E-state index in [0.717, 1.165) is 31.6 Å². The highest BCUT2D eigenvalue weighted by Gasteiger charge is 2.32. The Hall–Kier alpha value is -2.02. The monoisotopic (exact) mass is 258 g/mol. The van der Waals surface area contributed by atoms with Gasteiger partial charge in [0.1, 0.15) is 0 Å². The maximum Gasteiger partial charge on any atom is 0.303 e. The second-order valence-electron chi connectivity index (χ2n) is 5.53. The number of nitrogens with zero attached hydrogens (tertiary/aromatic N) is 2. The van der Waals surface area contributed by atoms with Crippen molar-refractivity contribution in [3.63, 3.8) is 0 Å². The fourth-order valence-electron chi connectivity index (χ4n) is 2.59. The largest absolute Gasteiger partial charge is 0.481 e. The van der Waals surface area contributed by atoms with Crippen LogP contribution in [0.4, 0.5) is 5.69 Å². The zero-order valence-electron chi connectivity index (χ0n) is 11.1. The van der Waals surface area contributed by atoms with Crippen molar-refractivity contribution in [2.45, 2.75) is 26.2 Å². The lowest BCUT2D eigenvalue weighted by atomic mass is 9.77. The van der Waals surface area contributed by atoms with Crippen molar-refractivity contribution in [3.05, 3.63) is 29.8 Å². The van der Waals surface area contributed by atoms with Crippen molar-refractivity contribution in [2.24, 2.45) is 5.41 Å². The van der Waals surface area contributed by atoms with Crippen LogP contribution in [-0.2, 0) is 4.79 Å². The van der Waals surface area contributed by atoms with Crippen molar-refractivity contribution in [1.29, 1.82) is 5.26 Å². The number of anilines is 1. The van der Waals surface area contributed by atoms with Crippen LogP contribution in [0, 0.1) is 16.7 Å². The molecule has 1 heterocycles. The Kier molecular flexibility index (Phi) is 3.75. The van der Waals surface area contributed by atoms with Crippen molar-refractivity contribution >= 4 is 11.7 Å². The van der Waals surface area contributed by atoms with Gasteiger partial charge >= 0.3 is 5.97 Å². The molecule has 0 bridgehead atoms. The van der Waals surface area contributed by atoms with E-state index < -0.39 is 5.97 Å². The first-order valence-electron chi connectivity index (χ1n) is 6.49. The third kappa shape index (κ3) is 3.25. The molecule has 2 rings (SSSR count). The molecule has 0 atom stereocenters. The van der Waals surface area contributed by atoms with Gasteiger partial charge < -0.3 is 10.0 Å². The van der Waals surface area contributed by atoms with Crippen LogP contribution >= 0.6 is 0 Å². The Bertz CT molecular complexity index is 494. The summed E-state index contributed by atoms with van der Waals surface area (Å²) in [5.41, 5.74) is 1.68. The molecule has 0 amide bonds. The molecule has 100 valence electrons. The minimum atomic E-state index is -0.714. The summed E-state index contributed by atoms with van der Waals surface area (Å²) in [5, 5.41) is 17.7. The molecule has 19 heavy (non-hydrogen) atoms. The van der Waals surface area contributed by atoms with Crippen LogP contribution in [0.3, 0.4) is 0 Å². The Balaban J connectivity index is 1.99. The number of benzene rings is 1. The van der Waals surface area contributed by atoms with E-state index in [1.54, 1.807) is 0 Å². The molecule has 1 N–H and O–H groups in total. The molecule has 1 saturated heterocycles. The Morgan fingerprint density at radius 3 is 2.42 bits per heavy atom. The molecular weight excluding hydrogens is 240 g/mol. The first-order valence-corrected chi connectivity index (χ1v) is 6.49. The second kappa shape index (κ2) is 5.31. The minimum Gasteiger partial charge on any atom is -0.481 e. The summed E-state index contributed by atoms with van der Waals surface area (Å²) in [6.07, 6.45) is 2.02. The van der Waals surface area contributed by atoms with Crippen molar-refractivity contribution in [2.75, 3.05) is 18.0 Å². The lowest BCUT2D eigenvalue weighted by molar-refractivity contribution is -0.139. The number of rotatable bonds is 3. The normalized spacial score (nSPS) is 17.8. The number of nitriles is 1. The van der Waals surface area contributed by atoms with Gasteiger partial charge in [0.05, 0.1) is 18.1 Å². The minimum absolute atomic E-state index is 0.0884. The average Bonchev–Trinajstić information content (AvgIpc) is 2.38. The second-order valence-corrected chi connectivity index (χ2v) is 5.53. The SMILES string of the molecule is CC1(CC(=O)O)CCN(c2ccc(C#N)cc2)CC1. The van der Waals surface area contributed by atoms with Crippen molar-refractivity contribution in [3.8, 4) is 6.07 Å². The Morgan fingerprint density at radius 1 is 1.37 bits per heavy atom. The van der Waals surface area contributed by atoms with Gasteiger partial charge in [-0.1, -0.05) is 6.92 Å². The molecular formula is C15H18N2O2. The molecule has 1 aliphatic heterocycles. The predicted molar refractivity (Wildman–Crippen MR) is 73.0 cm³/mol. The van der Waals surface area contributed by atoms with E-state index in [0.29, 0.717) is 5.56 Å². The first-order chi connectivity index (χ1) is 9.02. The van der Waals surface area contributed by atoms with Crippen LogP contribution in [0.2, 0.25) is 0 Å². The molecule has 0 aliphatic carbocycles. The van der Waals surface area contributed by atoms with Gasteiger partial charge in [0.15, 0.2) is 0 Å². The lowest BCUT2D eigenvalue weighted by Gasteiger charge is -2.39. The van der Waals surface area contributed by atoms with Gasteiger partial charge in [0, 0.05) is 18.8 Å². The van der Waals surface area contributed by atoms with E-state index in [1.807, 2.05) is 24.3 Å². The summed E-state index contributed by atoms with van der Waals surface area (Å²) in [5.74, 6) is -0.714. The molecule has 0 spiro atoms. The Morgan fingerprint density at radius 2 is 1.95 bits per heavy atom. The fourth-order valence-corrected chi connectivity index (χ4v) is 2.59. The number of hydrogen-bond donors (Lipinski definition) is 1. The number of piperidine rings is 1. The molecule has 1 aromatic rings. The lowest BCUT2D eigenvalue weighted by Crippen LogP contribution is -2.39. The smallest absolute Gasteiger partial charge is 0.303 e. The van der Waals surface area contributed by atoms with E-state index in [4.69, 9.17) is 10.4 Å². The van der Waals surface area contributed by atoms with Crippen LogP contribution < -0.4 is 4.90 Å². The molecule has 0 unspecified atom stereocenters. The third-order valence-corrected chi connectivity index (χ3v) is 3.91. The van der Waals surface area contributed by atoms with Crippen LogP contribution in [0.1, 0.15) is 31.7 Å². The molecule has 0 saturated carbocycles. The Labute approximate surface area is 113 Å². The quantitative estimate of drug-likeness (QED) is 0.905. The summed E-state index contributed by atoms with van der Waals surface area (Å²) >= 11 is 0. The highest BCUT2D eigenvalue weighted by Crippen LogP contribution is 2.35. The average molecular weight is 258 g/mol. The predicted octanol–water partition coefficient (Wildman–Crippen LogP) is 2.64. The summed E-state index contributed by atoms with van der Waals surface area (Å²) in [6, 6.07) is 9.66. The number of carboxylic acids is 1. The van der Waals surface area contributed by atoms with E-state index >= 15 is 0 Å². The van der Waals surface area contributed by atoms with Gasteiger partial charge in [-0.05, 0) is 42.5 Å². The number of hydrogen-bond acceptors (Lipinski definition) is 3. The summed E-state index contributed by atoms with van der Waals surface area (Å²) < 4.78 is 0. The van der Waals surface area contributed by atoms with E-state index in [1.165, 1.54) is 0 Å². The van der Waals surface area contributed by atoms with Gasteiger partial charge in [0.2, 0.25) is 0 Å². The standard InChI is InChI=1S/C15H18N2O2/c1-15(10-14(18)19)6-8-17(9-7-15)13-4-2-12(11-16)3-5-13/h2-5H,6-10H2,1H3,(H,18,19). The van der Waals surface area contributed by atoms with Crippen LogP contribution in [0.25, 0.3) is 0 Å². The van der Waals surface area contributed by atoms with Gasteiger partial charge in [0.25, 0.3) is 0 Å². The van der Waals surface area contributed by atoms with E-state index in [2.05, 4.69) is 17.9 Å². The summed E-state index contributed by atoms with van der Waals surface area (Å²) in [7, 11) is 0. The van der Waals surface area contributed by atoms with Gasteiger partial charge in [-0.25, -0.2) is 0 Å². The summed E-state index contributed by atoms with van der Waals surface area (Å²) in [4.78, 5) is 13.1. The van der Waals surface area contributed by atoms with Gasteiger partial charge in [-0.3, -0.25) is 4.79 Å². The molecule has 4 nitrogen and oxygen atoms in total. The van der Waals surface area contributed by atoms with Crippen LogP contribution in [-0.4, -0.2) is 24.2 Å². The molecule has 1 aliphatic rings. The highest BCUT2D eigenvalue weighted by molar-refractivity contribution is 5.67. The zero-order chi connectivity index (χ0) is 13.9. The van der Waals surface area contributed by atoms with Crippen molar-refractivity contribution in [1.82, 2.24) is 0 Å². The maximum absolute atomic E-state index is 10.9. The number of carboxylic acid groups (broad SMARTS) is 1. The molecule has 4 heteroatoms. The topological polar surface area (TPSA) is 64.3 Å². The van der Waals surface area contributed by atoms with Gasteiger partial charge in [-0.2, -0.15) is 5.26 Å². The number of aliphatic carboxylic acids is 1. The van der Waals surface area contributed by atoms with E-state index in [-0.39, 0.29) is 11.8 Å². The van der Waals surface area contributed by atoms with Crippen LogP contribution in [0.5, 0.6) is 0 Å². The van der Waals surface area contributed by atoms with Crippen LogP contribution in [0.15, 0.2) is 24.3 Å². The zero-order valence-corrected chi connectivity index (χ0v) is 11.1. The number of carbonyl (C=O) groups is 1. The first kappa shape index (κ1) is 13.4. The molecule has 0 aromatic heterocycles. The maximum atomic E-state index is 10.9. The molecule has 1 fully saturated rings. The van der Waals surface area contributed by atoms with Crippen molar-refractivity contribution < 1.29 is 9.90 Å². The third-order valence-electron chi connectivity index (χ3n) is 3.91. The van der Waals surface area contributed by atoms with Gasteiger partial charge in [-0.15, -0.1) is 0 Å². The fraction of sp³-hybridized carbons (Fsp3) is 0.467. The summed E-state index contributed by atoms with van der Waals surface area (Å²) in [6.45, 7) is 3.79. The molecule has 0 radical (unpaired) electrons.